The zero-order chi connectivity index (χ0) is 21.0. The first kappa shape index (κ1) is 19.1. The van der Waals surface area contributed by atoms with Crippen LogP contribution in [0.1, 0.15) is 11.1 Å². The van der Waals surface area contributed by atoms with Crippen LogP contribution in [-0.4, -0.2) is 57.1 Å². The summed E-state index contributed by atoms with van der Waals surface area (Å²) < 4.78 is 13.1. The fraction of sp³-hybridized carbons (Fsp3) is 0.227. The van der Waals surface area contributed by atoms with E-state index in [1.807, 2.05) is 37.3 Å². The van der Waals surface area contributed by atoms with Gasteiger partial charge in [-0.25, -0.2) is 14.6 Å². The van der Waals surface area contributed by atoms with E-state index in [9.17, 15) is 0 Å². The molecule has 1 aliphatic rings. The Balaban J connectivity index is 1.56. The molecule has 156 valence electrons. The van der Waals surface area contributed by atoms with Gasteiger partial charge in [0.1, 0.15) is 6.33 Å². The molecule has 1 fully saturated rings. The fourth-order valence-electron chi connectivity index (χ4n) is 3.30. The summed E-state index contributed by atoms with van der Waals surface area (Å²) in [6.45, 7) is 4.71. The van der Waals surface area contributed by atoms with Gasteiger partial charge in [-0.05, 0) is 18.6 Å². The van der Waals surface area contributed by atoms with Crippen molar-refractivity contribution in [3.8, 4) is 11.8 Å². The van der Waals surface area contributed by atoms with E-state index in [-0.39, 0.29) is 0 Å². The van der Waals surface area contributed by atoms with Crippen molar-refractivity contribution in [1.29, 1.82) is 0 Å². The molecule has 9 nitrogen and oxygen atoms in total. The van der Waals surface area contributed by atoms with Crippen LogP contribution in [0.15, 0.2) is 60.1 Å². The molecule has 9 heteroatoms. The second-order valence-electron chi connectivity index (χ2n) is 7.12. The SMILES string of the molecule is Cc1cccc(C=Nn2cnc3c(Oc4ccccn4)nc(N4CCOCC4)nc32)c1. The number of nitrogens with zero attached hydrogens (tertiary/aromatic N) is 7. The average molecular weight is 415 g/mol. The smallest absolute Gasteiger partial charge is 0.254 e. The van der Waals surface area contributed by atoms with Gasteiger partial charge in [0.2, 0.25) is 11.8 Å². The normalized spacial score (nSPS) is 14.4. The average Bonchev–Trinajstić information content (AvgIpc) is 3.22. The summed E-state index contributed by atoms with van der Waals surface area (Å²) in [4.78, 5) is 20.1. The molecule has 0 atom stereocenters. The molecule has 0 spiro atoms. The number of benzene rings is 1. The number of morpholine rings is 1. The van der Waals surface area contributed by atoms with E-state index in [1.54, 1.807) is 29.5 Å². The molecule has 0 unspecified atom stereocenters. The van der Waals surface area contributed by atoms with Gasteiger partial charge in [0.25, 0.3) is 5.88 Å². The van der Waals surface area contributed by atoms with E-state index in [1.165, 1.54) is 5.56 Å². The van der Waals surface area contributed by atoms with Crippen molar-refractivity contribution in [3.05, 3.63) is 66.1 Å². The van der Waals surface area contributed by atoms with Gasteiger partial charge in [0.05, 0.1) is 19.4 Å². The van der Waals surface area contributed by atoms with E-state index < -0.39 is 0 Å². The van der Waals surface area contributed by atoms with Crippen LogP contribution in [0.5, 0.6) is 11.8 Å². The summed E-state index contributed by atoms with van der Waals surface area (Å²) in [6, 6.07) is 13.6. The third kappa shape index (κ3) is 4.22. The first-order chi connectivity index (χ1) is 15.3. The number of hydrogen-bond acceptors (Lipinski definition) is 8. The summed E-state index contributed by atoms with van der Waals surface area (Å²) >= 11 is 0. The minimum Gasteiger partial charge on any atom is -0.418 e. The van der Waals surface area contributed by atoms with E-state index in [0.717, 1.165) is 5.56 Å². The van der Waals surface area contributed by atoms with Gasteiger partial charge in [-0.3, -0.25) is 0 Å². The molecule has 0 amide bonds. The molecule has 3 aromatic heterocycles. The Bertz CT molecular complexity index is 1220. The lowest BCUT2D eigenvalue weighted by Gasteiger charge is -2.26. The minimum absolute atomic E-state index is 0.342. The van der Waals surface area contributed by atoms with Crippen LogP contribution in [0.2, 0.25) is 0 Å². The maximum Gasteiger partial charge on any atom is 0.254 e. The highest BCUT2D eigenvalue weighted by Gasteiger charge is 2.20. The first-order valence-corrected chi connectivity index (χ1v) is 10.0. The van der Waals surface area contributed by atoms with Crippen molar-refractivity contribution in [2.75, 3.05) is 31.2 Å². The summed E-state index contributed by atoms with van der Waals surface area (Å²) in [6.07, 6.45) is 5.06. The first-order valence-electron chi connectivity index (χ1n) is 10.0. The standard InChI is InChI=1S/C22H21N7O2/c1-16-5-4-6-17(13-16)14-25-29-15-24-19-20(29)26-22(28-9-11-30-12-10-28)27-21(19)31-18-7-2-3-8-23-18/h2-8,13-15H,9-12H2,1H3. The van der Waals surface area contributed by atoms with Gasteiger partial charge in [-0.2, -0.15) is 15.1 Å². The van der Waals surface area contributed by atoms with Crippen LogP contribution in [0.4, 0.5) is 5.95 Å². The molecule has 1 aromatic carbocycles. The van der Waals surface area contributed by atoms with Gasteiger partial charge in [-0.1, -0.05) is 35.9 Å². The summed E-state index contributed by atoms with van der Waals surface area (Å²) in [5, 5.41) is 4.56. The Morgan fingerprint density at radius 2 is 1.97 bits per heavy atom. The third-order valence-corrected chi connectivity index (χ3v) is 4.84. The lowest BCUT2D eigenvalue weighted by atomic mass is 10.2. The summed E-state index contributed by atoms with van der Waals surface area (Å²) in [5.41, 5.74) is 3.24. The summed E-state index contributed by atoms with van der Waals surface area (Å²) in [5.74, 6) is 1.33. The molecular weight excluding hydrogens is 394 g/mol. The summed E-state index contributed by atoms with van der Waals surface area (Å²) in [7, 11) is 0. The van der Waals surface area contributed by atoms with Crippen LogP contribution in [-0.2, 0) is 4.74 Å². The Labute approximate surface area is 179 Å². The molecule has 4 aromatic rings. The highest BCUT2D eigenvalue weighted by Crippen LogP contribution is 2.28. The molecule has 0 N–H and O–H groups in total. The molecule has 5 rings (SSSR count). The highest BCUT2D eigenvalue weighted by atomic mass is 16.5. The van der Waals surface area contributed by atoms with Crippen molar-refractivity contribution >= 4 is 23.3 Å². The number of hydrogen-bond donors (Lipinski definition) is 0. The number of fused-ring (bicyclic) bond motifs is 1. The highest BCUT2D eigenvalue weighted by molar-refractivity contribution is 5.82. The third-order valence-electron chi connectivity index (χ3n) is 4.84. The number of rotatable bonds is 5. The maximum atomic E-state index is 5.97. The lowest BCUT2D eigenvalue weighted by molar-refractivity contribution is 0.122. The van der Waals surface area contributed by atoms with E-state index in [4.69, 9.17) is 14.5 Å². The molecule has 1 aliphatic heterocycles. The number of aromatic nitrogens is 5. The molecule has 31 heavy (non-hydrogen) atoms. The zero-order valence-corrected chi connectivity index (χ0v) is 17.0. The van der Waals surface area contributed by atoms with Gasteiger partial charge in [0.15, 0.2) is 11.2 Å². The largest absolute Gasteiger partial charge is 0.418 e. The Morgan fingerprint density at radius 3 is 2.77 bits per heavy atom. The Morgan fingerprint density at radius 1 is 1.06 bits per heavy atom. The van der Waals surface area contributed by atoms with Crippen molar-refractivity contribution < 1.29 is 9.47 Å². The number of pyridine rings is 1. The van der Waals surface area contributed by atoms with E-state index >= 15 is 0 Å². The second-order valence-corrected chi connectivity index (χ2v) is 7.12. The monoisotopic (exact) mass is 415 g/mol. The Kier molecular flexibility index (Phi) is 5.24. The number of anilines is 1. The van der Waals surface area contributed by atoms with E-state index in [2.05, 4.69) is 31.0 Å². The van der Waals surface area contributed by atoms with Crippen molar-refractivity contribution in [2.24, 2.45) is 5.10 Å². The molecule has 1 saturated heterocycles. The van der Waals surface area contributed by atoms with Crippen LogP contribution in [0, 0.1) is 6.92 Å². The second kappa shape index (κ2) is 8.49. The predicted molar refractivity (Wildman–Crippen MR) is 117 cm³/mol. The molecule has 4 heterocycles. The van der Waals surface area contributed by atoms with E-state index in [0.29, 0.717) is 55.2 Å². The number of ether oxygens (including phenoxy) is 2. The number of imidazole rings is 1. The van der Waals surface area contributed by atoms with Crippen LogP contribution >= 0.6 is 0 Å². The molecule has 0 aliphatic carbocycles. The fourth-order valence-corrected chi connectivity index (χ4v) is 3.30. The van der Waals surface area contributed by atoms with Crippen LogP contribution in [0.3, 0.4) is 0 Å². The molecule has 0 radical (unpaired) electrons. The predicted octanol–water partition coefficient (Wildman–Crippen LogP) is 3.04. The quantitative estimate of drug-likeness (QED) is 0.463. The molecule has 0 bridgehead atoms. The minimum atomic E-state index is 0.342. The lowest BCUT2D eigenvalue weighted by Crippen LogP contribution is -2.37. The van der Waals surface area contributed by atoms with Gasteiger partial charge in [0, 0.05) is 25.4 Å². The topological polar surface area (TPSA) is 90.5 Å². The van der Waals surface area contributed by atoms with Crippen molar-refractivity contribution in [1.82, 2.24) is 24.6 Å². The van der Waals surface area contributed by atoms with Crippen LogP contribution in [0.25, 0.3) is 11.2 Å². The van der Waals surface area contributed by atoms with Crippen molar-refractivity contribution in [2.45, 2.75) is 6.92 Å². The molecule has 0 saturated carbocycles. The maximum absolute atomic E-state index is 5.97. The van der Waals surface area contributed by atoms with Gasteiger partial charge < -0.3 is 14.4 Å². The van der Waals surface area contributed by atoms with Gasteiger partial charge in [-0.15, -0.1) is 0 Å². The Hall–Kier alpha value is -3.85. The molecular formula is C22H21N7O2. The number of aryl methyl sites for hydroxylation is 1. The zero-order valence-electron chi connectivity index (χ0n) is 17.0. The van der Waals surface area contributed by atoms with Gasteiger partial charge >= 0.3 is 0 Å². The van der Waals surface area contributed by atoms with Crippen molar-refractivity contribution in [3.63, 3.8) is 0 Å². The van der Waals surface area contributed by atoms with Crippen LogP contribution < -0.4 is 9.64 Å².